The molecule has 0 aromatic rings. The minimum absolute atomic E-state index is 0.0445. The molecular formula is C19H30N2O2. The van der Waals surface area contributed by atoms with Gasteiger partial charge in [-0.05, 0) is 67.6 Å². The van der Waals surface area contributed by atoms with Crippen molar-refractivity contribution in [3.63, 3.8) is 0 Å². The lowest BCUT2D eigenvalue weighted by Crippen LogP contribution is -2.47. The zero-order valence-electron chi connectivity index (χ0n) is 15.0. The molecule has 2 aliphatic carbocycles. The Balaban J connectivity index is 1.98. The van der Waals surface area contributed by atoms with Gasteiger partial charge in [-0.3, -0.25) is 0 Å². The number of aliphatic imine (C=N–C) groups is 2. The first-order chi connectivity index (χ1) is 10.8. The molecule has 4 heteroatoms. The molecule has 128 valence electrons. The lowest BCUT2D eigenvalue weighted by atomic mass is 9.56. The van der Waals surface area contributed by atoms with E-state index in [2.05, 4.69) is 37.7 Å². The first kappa shape index (κ1) is 18.1. The van der Waals surface area contributed by atoms with E-state index < -0.39 is 0 Å². The van der Waals surface area contributed by atoms with Crippen molar-refractivity contribution in [2.75, 3.05) is 0 Å². The topological polar surface area (TPSA) is 58.9 Å². The van der Waals surface area contributed by atoms with Crippen molar-refractivity contribution in [2.24, 2.45) is 32.7 Å². The third-order valence-electron chi connectivity index (χ3n) is 6.01. The van der Waals surface area contributed by atoms with Gasteiger partial charge in [0.05, 0.1) is 12.1 Å². The van der Waals surface area contributed by atoms with Crippen LogP contribution in [0.3, 0.4) is 0 Å². The van der Waals surface area contributed by atoms with Gasteiger partial charge in [0.2, 0.25) is 12.2 Å². The smallest absolute Gasteiger partial charge is 0.211 e. The minimum Gasteiger partial charge on any atom is -0.211 e. The Morgan fingerprint density at radius 3 is 1.83 bits per heavy atom. The van der Waals surface area contributed by atoms with E-state index in [1.165, 1.54) is 19.3 Å². The Morgan fingerprint density at radius 2 is 1.35 bits per heavy atom. The first-order valence-electron chi connectivity index (χ1n) is 8.92. The van der Waals surface area contributed by atoms with Gasteiger partial charge >= 0.3 is 0 Å². The van der Waals surface area contributed by atoms with Crippen molar-refractivity contribution in [3.8, 4) is 0 Å². The van der Waals surface area contributed by atoms with Crippen LogP contribution in [0.2, 0.25) is 0 Å². The number of isocyanates is 2. The summed E-state index contributed by atoms with van der Waals surface area (Å²) in [5.41, 5.74) is 0.0890. The summed E-state index contributed by atoms with van der Waals surface area (Å²) < 4.78 is 0. The molecule has 2 aliphatic rings. The van der Waals surface area contributed by atoms with E-state index in [0.717, 1.165) is 31.6 Å². The zero-order chi connectivity index (χ0) is 17.1. The van der Waals surface area contributed by atoms with Gasteiger partial charge < -0.3 is 0 Å². The van der Waals surface area contributed by atoms with Gasteiger partial charge in [-0.2, -0.15) is 0 Å². The monoisotopic (exact) mass is 318 g/mol. The fourth-order valence-corrected chi connectivity index (χ4v) is 5.47. The Labute approximate surface area is 139 Å². The van der Waals surface area contributed by atoms with Gasteiger partial charge in [-0.15, -0.1) is 0 Å². The van der Waals surface area contributed by atoms with Crippen LogP contribution in [0.25, 0.3) is 0 Å². The average molecular weight is 318 g/mol. The van der Waals surface area contributed by atoms with E-state index in [-0.39, 0.29) is 22.9 Å². The Bertz CT molecular complexity index is 487. The summed E-state index contributed by atoms with van der Waals surface area (Å²) in [6.07, 6.45) is 11.4. The second-order valence-corrected chi connectivity index (χ2v) is 9.00. The predicted octanol–water partition coefficient (Wildman–Crippen LogP) is 4.44. The third-order valence-corrected chi connectivity index (χ3v) is 6.01. The van der Waals surface area contributed by atoms with Crippen LogP contribution in [0.4, 0.5) is 0 Å². The maximum atomic E-state index is 10.8. The summed E-state index contributed by atoms with van der Waals surface area (Å²) in [6.45, 7) is 8.95. The highest BCUT2D eigenvalue weighted by atomic mass is 16.1. The van der Waals surface area contributed by atoms with E-state index in [1.54, 1.807) is 12.2 Å². The second-order valence-electron chi connectivity index (χ2n) is 9.00. The van der Waals surface area contributed by atoms with Crippen LogP contribution in [-0.4, -0.2) is 24.2 Å². The highest BCUT2D eigenvalue weighted by Crippen LogP contribution is 2.52. The Hall–Kier alpha value is -1.24. The lowest BCUT2D eigenvalue weighted by Gasteiger charge is -2.50. The number of nitrogens with zero attached hydrogens (tertiary/aromatic N) is 2. The molecule has 0 aromatic carbocycles. The van der Waals surface area contributed by atoms with Crippen molar-refractivity contribution in [1.29, 1.82) is 0 Å². The fourth-order valence-electron chi connectivity index (χ4n) is 5.47. The number of carbonyl (C=O) groups excluding carboxylic acids is 2. The molecular weight excluding hydrogens is 288 g/mol. The standard InChI is InChI=1S/C19H30N2O2/c1-18(2)10-15(11-19(3,4)17(18)21-13-23)9-14-5-7-16(8-6-14)20-12-22/h14-17H,5-11H2,1-4H3. The Morgan fingerprint density at radius 1 is 0.826 bits per heavy atom. The van der Waals surface area contributed by atoms with E-state index in [1.807, 2.05) is 0 Å². The third kappa shape index (κ3) is 4.40. The van der Waals surface area contributed by atoms with Crippen molar-refractivity contribution in [1.82, 2.24) is 0 Å². The van der Waals surface area contributed by atoms with Gasteiger partial charge in [0.25, 0.3) is 0 Å². The second kappa shape index (κ2) is 7.11. The number of hydrogen-bond donors (Lipinski definition) is 0. The molecule has 0 amide bonds. The Kier molecular flexibility index (Phi) is 5.60. The minimum atomic E-state index is 0.0445. The average Bonchev–Trinajstić information content (AvgIpc) is 2.44. The molecule has 2 rings (SSSR count). The SMILES string of the molecule is CC1(C)CC(CC2CCC(N=C=O)CC2)CC(C)(C)C1N=C=O. The van der Waals surface area contributed by atoms with Gasteiger partial charge in [0, 0.05) is 0 Å². The molecule has 0 unspecified atom stereocenters. The molecule has 2 saturated carbocycles. The van der Waals surface area contributed by atoms with Crippen LogP contribution in [0.5, 0.6) is 0 Å². The molecule has 4 nitrogen and oxygen atoms in total. The fraction of sp³-hybridized carbons (Fsp3) is 0.895. The normalized spacial score (nSPS) is 35.7. The molecule has 0 saturated heterocycles. The van der Waals surface area contributed by atoms with Crippen LogP contribution in [-0.2, 0) is 9.59 Å². The summed E-state index contributed by atoms with van der Waals surface area (Å²) in [7, 11) is 0. The van der Waals surface area contributed by atoms with E-state index in [0.29, 0.717) is 5.92 Å². The largest absolute Gasteiger partial charge is 0.235 e. The van der Waals surface area contributed by atoms with Gasteiger partial charge in [0.1, 0.15) is 0 Å². The number of rotatable bonds is 4. The van der Waals surface area contributed by atoms with E-state index in [9.17, 15) is 9.59 Å². The first-order valence-corrected chi connectivity index (χ1v) is 8.92. The predicted molar refractivity (Wildman–Crippen MR) is 90.7 cm³/mol. The number of hydrogen-bond acceptors (Lipinski definition) is 4. The van der Waals surface area contributed by atoms with Crippen molar-refractivity contribution >= 4 is 12.2 Å². The van der Waals surface area contributed by atoms with Crippen LogP contribution in [0, 0.1) is 22.7 Å². The van der Waals surface area contributed by atoms with E-state index in [4.69, 9.17) is 0 Å². The van der Waals surface area contributed by atoms with Crippen molar-refractivity contribution < 1.29 is 9.59 Å². The summed E-state index contributed by atoms with van der Waals surface area (Å²) in [4.78, 5) is 29.2. The molecule has 0 radical (unpaired) electrons. The zero-order valence-corrected chi connectivity index (χ0v) is 15.0. The summed E-state index contributed by atoms with van der Waals surface area (Å²) in [5, 5.41) is 0. The summed E-state index contributed by atoms with van der Waals surface area (Å²) in [5.74, 6) is 1.44. The van der Waals surface area contributed by atoms with Crippen molar-refractivity contribution in [3.05, 3.63) is 0 Å². The summed E-state index contributed by atoms with van der Waals surface area (Å²) in [6, 6.07) is 0.260. The molecule has 0 heterocycles. The van der Waals surface area contributed by atoms with Crippen LogP contribution >= 0.6 is 0 Å². The van der Waals surface area contributed by atoms with E-state index >= 15 is 0 Å². The molecule has 0 spiro atoms. The highest BCUT2D eigenvalue weighted by molar-refractivity contribution is 5.34. The van der Waals surface area contributed by atoms with Gasteiger partial charge in [-0.1, -0.05) is 27.7 Å². The van der Waals surface area contributed by atoms with Gasteiger partial charge in [-0.25, -0.2) is 19.6 Å². The maximum Gasteiger partial charge on any atom is 0.235 e. The van der Waals surface area contributed by atoms with Crippen molar-refractivity contribution in [2.45, 2.75) is 84.7 Å². The molecule has 0 N–H and O–H groups in total. The molecule has 23 heavy (non-hydrogen) atoms. The molecule has 0 atom stereocenters. The van der Waals surface area contributed by atoms with Crippen LogP contribution < -0.4 is 0 Å². The highest BCUT2D eigenvalue weighted by Gasteiger charge is 2.48. The van der Waals surface area contributed by atoms with Crippen LogP contribution in [0.15, 0.2) is 9.98 Å². The lowest BCUT2D eigenvalue weighted by molar-refractivity contribution is 0.0255. The summed E-state index contributed by atoms with van der Waals surface area (Å²) >= 11 is 0. The molecule has 2 fully saturated rings. The van der Waals surface area contributed by atoms with Crippen LogP contribution in [0.1, 0.15) is 72.6 Å². The molecule has 0 bridgehead atoms. The molecule has 0 aliphatic heterocycles. The van der Waals surface area contributed by atoms with Gasteiger partial charge in [0.15, 0.2) is 0 Å². The quantitative estimate of drug-likeness (QED) is 0.568. The maximum absolute atomic E-state index is 10.8. The molecule has 0 aromatic heterocycles.